The Morgan fingerprint density at radius 1 is 1.39 bits per heavy atom. The first kappa shape index (κ1) is 11.2. The lowest BCUT2D eigenvalue weighted by molar-refractivity contribution is 0.622. The third-order valence-corrected chi connectivity index (χ3v) is 3.26. The number of aromatic nitrogens is 4. The van der Waals surface area contributed by atoms with Crippen LogP contribution in [0, 0.1) is 5.82 Å². The fourth-order valence-corrected chi connectivity index (χ4v) is 2.19. The van der Waals surface area contributed by atoms with E-state index in [1.54, 1.807) is 34.6 Å². The number of imidazole rings is 1. The van der Waals surface area contributed by atoms with Gasteiger partial charge in [0.05, 0.1) is 15.5 Å². The number of halogens is 2. The quantitative estimate of drug-likeness (QED) is 0.750. The molecule has 0 aliphatic rings. The molecule has 0 amide bonds. The molecule has 0 saturated carbocycles. The van der Waals surface area contributed by atoms with Gasteiger partial charge in [-0.3, -0.25) is 9.25 Å². The van der Waals surface area contributed by atoms with Crippen LogP contribution in [0.3, 0.4) is 0 Å². The van der Waals surface area contributed by atoms with Crippen LogP contribution in [0.15, 0.2) is 28.9 Å². The standard InChI is InChI=1S/C11H9BrFN5/c1-17-3-2-10(16-17)18-9-5-7(13)6(12)4-8(9)15-11(18)14/h2-5H,1H3,(H2,14,15). The van der Waals surface area contributed by atoms with Gasteiger partial charge in [0.2, 0.25) is 5.95 Å². The molecule has 5 nitrogen and oxygen atoms in total. The summed E-state index contributed by atoms with van der Waals surface area (Å²) in [5, 5.41) is 4.24. The van der Waals surface area contributed by atoms with Crippen LogP contribution in [0.25, 0.3) is 16.9 Å². The highest BCUT2D eigenvalue weighted by Crippen LogP contribution is 2.27. The molecule has 0 saturated heterocycles. The van der Waals surface area contributed by atoms with Gasteiger partial charge >= 0.3 is 0 Å². The van der Waals surface area contributed by atoms with Crippen LogP contribution in [0.5, 0.6) is 0 Å². The molecular weight excluding hydrogens is 301 g/mol. The van der Waals surface area contributed by atoms with Crippen LogP contribution in [-0.2, 0) is 7.05 Å². The molecule has 7 heteroatoms. The van der Waals surface area contributed by atoms with E-state index in [1.807, 2.05) is 0 Å². The number of benzene rings is 1. The van der Waals surface area contributed by atoms with Gasteiger partial charge in [0.25, 0.3) is 0 Å². The zero-order valence-corrected chi connectivity index (χ0v) is 11.0. The highest BCUT2D eigenvalue weighted by molar-refractivity contribution is 9.10. The highest BCUT2D eigenvalue weighted by atomic mass is 79.9. The Hall–Kier alpha value is -1.89. The maximum atomic E-state index is 13.6. The number of nitrogens with two attached hydrogens (primary N) is 1. The molecule has 18 heavy (non-hydrogen) atoms. The SMILES string of the molecule is Cn1ccc(-n2c(N)nc3cc(Br)c(F)cc32)n1. The number of fused-ring (bicyclic) bond motifs is 1. The molecule has 0 aliphatic heterocycles. The van der Waals surface area contributed by atoms with Crippen molar-refractivity contribution in [3.8, 4) is 5.82 Å². The van der Waals surface area contributed by atoms with Crippen LogP contribution in [-0.4, -0.2) is 19.3 Å². The van der Waals surface area contributed by atoms with Crippen molar-refractivity contribution in [2.75, 3.05) is 5.73 Å². The smallest absolute Gasteiger partial charge is 0.207 e. The first-order chi connectivity index (χ1) is 8.56. The van der Waals surface area contributed by atoms with Crippen LogP contribution in [0.4, 0.5) is 10.3 Å². The Kier molecular flexibility index (Phi) is 2.37. The predicted molar refractivity (Wildman–Crippen MR) is 69.9 cm³/mol. The lowest BCUT2D eigenvalue weighted by atomic mass is 10.3. The number of hydrogen-bond acceptors (Lipinski definition) is 3. The summed E-state index contributed by atoms with van der Waals surface area (Å²) in [6.07, 6.45) is 1.79. The van der Waals surface area contributed by atoms with Gasteiger partial charge in [-0.25, -0.2) is 9.37 Å². The number of rotatable bonds is 1. The van der Waals surface area contributed by atoms with Crippen molar-refractivity contribution in [1.29, 1.82) is 0 Å². The van der Waals surface area contributed by atoms with Gasteiger partial charge in [0, 0.05) is 25.4 Å². The fourth-order valence-electron chi connectivity index (χ4n) is 1.85. The Morgan fingerprint density at radius 3 is 2.83 bits per heavy atom. The van der Waals surface area contributed by atoms with Crippen LogP contribution in [0.2, 0.25) is 0 Å². The maximum absolute atomic E-state index is 13.6. The molecule has 0 spiro atoms. The minimum absolute atomic E-state index is 0.279. The molecule has 0 bridgehead atoms. The summed E-state index contributed by atoms with van der Waals surface area (Å²) in [5.74, 6) is 0.528. The first-order valence-electron chi connectivity index (χ1n) is 5.19. The van der Waals surface area contributed by atoms with E-state index in [2.05, 4.69) is 26.0 Å². The Labute approximate surface area is 110 Å². The Bertz CT molecular complexity index is 745. The summed E-state index contributed by atoms with van der Waals surface area (Å²) in [5.41, 5.74) is 7.07. The highest BCUT2D eigenvalue weighted by Gasteiger charge is 2.14. The van der Waals surface area contributed by atoms with Gasteiger partial charge < -0.3 is 5.73 Å². The molecule has 2 heterocycles. The minimum atomic E-state index is -0.361. The monoisotopic (exact) mass is 309 g/mol. The second-order valence-corrected chi connectivity index (χ2v) is 4.76. The molecule has 3 aromatic rings. The van der Waals surface area contributed by atoms with E-state index in [0.29, 0.717) is 21.3 Å². The van der Waals surface area contributed by atoms with Gasteiger partial charge in [-0.1, -0.05) is 0 Å². The summed E-state index contributed by atoms with van der Waals surface area (Å²) in [4.78, 5) is 4.20. The van der Waals surface area contributed by atoms with Gasteiger partial charge in [-0.2, -0.15) is 5.10 Å². The molecule has 0 radical (unpaired) electrons. The molecule has 0 aliphatic carbocycles. The number of nitrogen functional groups attached to an aromatic ring is 1. The molecule has 92 valence electrons. The van der Waals surface area contributed by atoms with Crippen LogP contribution >= 0.6 is 15.9 Å². The lowest BCUT2D eigenvalue weighted by Crippen LogP contribution is -2.02. The van der Waals surface area contributed by atoms with Crippen LogP contribution in [0.1, 0.15) is 0 Å². The average Bonchev–Trinajstić information content (AvgIpc) is 2.83. The molecule has 2 aromatic heterocycles. The Balaban J connectivity index is 2.35. The number of anilines is 1. The molecule has 1 aromatic carbocycles. The third kappa shape index (κ3) is 1.59. The summed E-state index contributed by atoms with van der Waals surface area (Å²) in [6.45, 7) is 0. The summed E-state index contributed by atoms with van der Waals surface area (Å²) < 4.78 is 17.2. The van der Waals surface area contributed by atoms with Crippen LogP contribution < -0.4 is 5.73 Å². The second kappa shape index (κ2) is 3.81. The molecule has 3 rings (SSSR count). The van der Waals surface area contributed by atoms with Crippen molar-refractivity contribution in [2.24, 2.45) is 7.05 Å². The second-order valence-electron chi connectivity index (χ2n) is 3.91. The van der Waals surface area contributed by atoms with E-state index in [1.165, 1.54) is 6.07 Å². The van der Waals surface area contributed by atoms with E-state index < -0.39 is 0 Å². The van der Waals surface area contributed by atoms with E-state index in [4.69, 9.17) is 5.73 Å². The molecular formula is C11H9BrFN5. The molecule has 0 atom stereocenters. The summed E-state index contributed by atoms with van der Waals surface area (Å²) in [6, 6.07) is 4.77. The van der Waals surface area contributed by atoms with Gasteiger partial charge in [-0.05, 0) is 22.0 Å². The normalized spacial score (nSPS) is 11.3. The predicted octanol–water partition coefficient (Wildman–Crippen LogP) is 2.24. The van der Waals surface area contributed by atoms with Crippen molar-refractivity contribution in [3.63, 3.8) is 0 Å². The lowest BCUT2D eigenvalue weighted by Gasteiger charge is -2.02. The number of hydrogen-bond donors (Lipinski definition) is 1. The molecule has 2 N–H and O–H groups in total. The average molecular weight is 310 g/mol. The molecule has 0 fully saturated rings. The van der Waals surface area contributed by atoms with Crippen molar-refractivity contribution in [1.82, 2.24) is 19.3 Å². The number of aryl methyl sites for hydroxylation is 1. The van der Waals surface area contributed by atoms with Gasteiger partial charge in [0.15, 0.2) is 5.82 Å². The topological polar surface area (TPSA) is 61.7 Å². The zero-order chi connectivity index (χ0) is 12.9. The zero-order valence-electron chi connectivity index (χ0n) is 9.43. The van der Waals surface area contributed by atoms with Crippen molar-refractivity contribution in [3.05, 3.63) is 34.7 Å². The van der Waals surface area contributed by atoms with Crippen molar-refractivity contribution < 1.29 is 4.39 Å². The summed E-state index contributed by atoms with van der Waals surface area (Å²) in [7, 11) is 1.80. The summed E-state index contributed by atoms with van der Waals surface area (Å²) >= 11 is 3.13. The maximum Gasteiger partial charge on any atom is 0.207 e. The fraction of sp³-hybridized carbons (Fsp3) is 0.0909. The van der Waals surface area contributed by atoms with Crippen molar-refractivity contribution in [2.45, 2.75) is 0 Å². The van der Waals surface area contributed by atoms with E-state index in [-0.39, 0.29) is 11.8 Å². The van der Waals surface area contributed by atoms with Gasteiger partial charge in [-0.15, -0.1) is 0 Å². The molecule has 0 unspecified atom stereocenters. The largest absolute Gasteiger partial charge is 0.369 e. The van der Waals surface area contributed by atoms with E-state index in [0.717, 1.165) is 0 Å². The number of nitrogens with zero attached hydrogens (tertiary/aromatic N) is 4. The minimum Gasteiger partial charge on any atom is -0.369 e. The first-order valence-corrected chi connectivity index (χ1v) is 5.98. The van der Waals surface area contributed by atoms with Gasteiger partial charge in [0.1, 0.15) is 5.82 Å². The third-order valence-electron chi connectivity index (χ3n) is 2.65. The van der Waals surface area contributed by atoms with E-state index >= 15 is 0 Å². The van der Waals surface area contributed by atoms with Crippen molar-refractivity contribution >= 4 is 32.9 Å². The Morgan fingerprint density at radius 2 is 2.17 bits per heavy atom. The van der Waals surface area contributed by atoms with E-state index in [9.17, 15) is 4.39 Å².